The van der Waals surface area contributed by atoms with Gasteiger partial charge in [-0.3, -0.25) is 4.79 Å². The quantitative estimate of drug-likeness (QED) is 0.712. The average Bonchev–Trinajstić information content (AvgIpc) is 2.87. The van der Waals surface area contributed by atoms with Crippen LogP contribution in [0.25, 0.3) is 0 Å². The number of carbonyl (C=O) groups excluding carboxylic acids is 1. The monoisotopic (exact) mass is 212 g/mol. The molecule has 1 aliphatic carbocycles. The lowest BCUT2D eigenvalue weighted by molar-refractivity contribution is -0.131. The Hall–Kier alpha value is -0.610. The summed E-state index contributed by atoms with van der Waals surface area (Å²) in [6, 6.07) is 0.210. The van der Waals surface area contributed by atoms with Crippen LogP contribution in [0.3, 0.4) is 0 Å². The molecule has 1 atom stereocenters. The molecular formula is C11H20N2O2. The van der Waals surface area contributed by atoms with Gasteiger partial charge in [0.15, 0.2) is 0 Å². The van der Waals surface area contributed by atoms with Crippen molar-refractivity contribution in [3.63, 3.8) is 0 Å². The topological polar surface area (TPSA) is 64.4 Å². The largest absolute Gasteiger partial charge is 0.379 e. The van der Waals surface area contributed by atoms with E-state index < -0.39 is 0 Å². The molecule has 15 heavy (non-hydrogen) atoms. The highest BCUT2D eigenvalue weighted by Gasteiger charge is 2.40. The molecular weight excluding hydrogens is 192 g/mol. The Labute approximate surface area is 90.5 Å². The van der Waals surface area contributed by atoms with Gasteiger partial charge in [0, 0.05) is 13.2 Å². The molecule has 0 aromatic rings. The Kier molecular flexibility index (Phi) is 3.26. The minimum absolute atomic E-state index is 0.151. The van der Waals surface area contributed by atoms with Crippen LogP contribution in [0.4, 0.5) is 0 Å². The van der Waals surface area contributed by atoms with Crippen LogP contribution in [-0.2, 0) is 9.53 Å². The second-order valence-electron chi connectivity index (χ2n) is 4.73. The first kappa shape index (κ1) is 10.9. The first-order valence-corrected chi connectivity index (χ1v) is 5.86. The molecule has 2 aliphatic rings. The highest BCUT2D eigenvalue weighted by molar-refractivity contribution is 5.83. The van der Waals surface area contributed by atoms with Crippen molar-refractivity contribution in [2.75, 3.05) is 19.8 Å². The molecule has 1 aliphatic heterocycles. The predicted molar refractivity (Wildman–Crippen MR) is 57.3 cm³/mol. The number of nitrogens with two attached hydrogens (primary N) is 1. The minimum atomic E-state index is -0.275. The van der Waals surface area contributed by atoms with Crippen molar-refractivity contribution in [2.24, 2.45) is 11.1 Å². The van der Waals surface area contributed by atoms with E-state index in [-0.39, 0.29) is 17.4 Å². The Balaban J connectivity index is 1.92. The fourth-order valence-corrected chi connectivity index (χ4v) is 2.56. The second-order valence-corrected chi connectivity index (χ2v) is 4.73. The van der Waals surface area contributed by atoms with Crippen LogP contribution in [0.2, 0.25) is 0 Å². The number of hydrogen-bond donors (Lipinski definition) is 2. The van der Waals surface area contributed by atoms with E-state index >= 15 is 0 Å². The SMILES string of the molecule is NCC1(C(=O)NC2CCOC2)CCCC1. The summed E-state index contributed by atoms with van der Waals surface area (Å²) in [5.74, 6) is 0.151. The van der Waals surface area contributed by atoms with Crippen LogP contribution in [0, 0.1) is 5.41 Å². The van der Waals surface area contributed by atoms with E-state index in [0.717, 1.165) is 38.7 Å². The lowest BCUT2D eigenvalue weighted by Gasteiger charge is -2.27. The normalized spacial score (nSPS) is 29.3. The number of nitrogens with one attached hydrogen (secondary N) is 1. The van der Waals surface area contributed by atoms with E-state index in [4.69, 9.17) is 10.5 Å². The van der Waals surface area contributed by atoms with Crippen LogP contribution >= 0.6 is 0 Å². The molecule has 1 heterocycles. The Morgan fingerprint density at radius 1 is 1.47 bits per heavy atom. The van der Waals surface area contributed by atoms with Gasteiger partial charge in [-0.25, -0.2) is 0 Å². The van der Waals surface area contributed by atoms with Gasteiger partial charge in [0.2, 0.25) is 5.91 Å². The van der Waals surface area contributed by atoms with Gasteiger partial charge in [0.1, 0.15) is 0 Å². The van der Waals surface area contributed by atoms with Crippen LogP contribution in [0.1, 0.15) is 32.1 Å². The third kappa shape index (κ3) is 2.16. The van der Waals surface area contributed by atoms with Crippen molar-refractivity contribution < 1.29 is 9.53 Å². The number of carbonyl (C=O) groups is 1. The smallest absolute Gasteiger partial charge is 0.227 e. The summed E-state index contributed by atoms with van der Waals surface area (Å²) in [5, 5.41) is 3.07. The highest BCUT2D eigenvalue weighted by atomic mass is 16.5. The van der Waals surface area contributed by atoms with E-state index in [1.54, 1.807) is 0 Å². The lowest BCUT2D eigenvalue weighted by Crippen LogP contribution is -2.48. The molecule has 1 saturated heterocycles. The van der Waals surface area contributed by atoms with Crippen LogP contribution in [0.15, 0.2) is 0 Å². The standard InChI is InChI=1S/C11H20N2O2/c12-8-11(4-1-2-5-11)10(14)13-9-3-6-15-7-9/h9H,1-8,12H2,(H,13,14). The predicted octanol–water partition coefficient (Wildman–Crippen LogP) is 0.411. The third-order valence-corrected chi connectivity index (χ3v) is 3.70. The molecule has 0 spiro atoms. The number of rotatable bonds is 3. The molecule has 1 unspecified atom stereocenters. The van der Waals surface area contributed by atoms with Gasteiger partial charge >= 0.3 is 0 Å². The Bertz CT molecular complexity index is 231. The van der Waals surface area contributed by atoms with E-state index in [2.05, 4.69) is 5.32 Å². The second kappa shape index (κ2) is 4.49. The van der Waals surface area contributed by atoms with Gasteiger partial charge in [-0.2, -0.15) is 0 Å². The van der Waals surface area contributed by atoms with Gasteiger partial charge in [-0.1, -0.05) is 12.8 Å². The van der Waals surface area contributed by atoms with Gasteiger partial charge in [-0.05, 0) is 19.3 Å². The molecule has 1 amide bonds. The maximum atomic E-state index is 12.1. The van der Waals surface area contributed by atoms with Crippen LogP contribution in [-0.4, -0.2) is 31.7 Å². The zero-order valence-electron chi connectivity index (χ0n) is 9.13. The van der Waals surface area contributed by atoms with Crippen molar-refractivity contribution in [3.8, 4) is 0 Å². The first-order chi connectivity index (χ1) is 7.27. The highest BCUT2D eigenvalue weighted by Crippen LogP contribution is 2.37. The Morgan fingerprint density at radius 2 is 2.20 bits per heavy atom. The number of hydrogen-bond acceptors (Lipinski definition) is 3. The molecule has 1 saturated carbocycles. The summed E-state index contributed by atoms with van der Waals surface area (Å²) >= 11 is 0. The zero-order chi connectivity index (χ0) is 10.7. The fraction of sp³-hybridized carbons (Fsp3) is 0.909. The zero-order valence-corrected chi connectivity index (χ0v) is 9.13. The van der Waals surface area contributed by atoms with Gasteiger partial charge in [0.25, 0.3) is 0 Å². The maximum absolute atomic E-state index is 12.1. The van der Waals surface area contributed by atoms with E-state index in [1.807, 2.05) is 0 Å². The average molecular weight is 212 g/mol. The van der Waals surface area contributed by atoms with Crippen molar-refractivity contribution in [3.05, 3.63) is 0 Å². The van der Waals surface area contributed by atoms with Gasteiger partial charge < -0.3 is 15.8 Å². The van der Waals surface area contributed by atoms with Crippen molar-refractivity contribution in [2.45, 2.75) is 38.1 Å². The Morgan fingerprint density at radius 3 is 2.73 bits per heavy atom. The summed E-state index contributed by atoms with van der Waals surface area (Å²) in [4.78, 5) is 12.1. The van der Waals surface area contributed by atoms with Crippen molar-refractivity contribution in [1.82, 2.24) is 5.32 Å². The lowest BCUT2D eigenvalue weighted by atomic mass is 9.85. The molecule has 3 N–H and O–H groups in total. The van der Waals surface area contributed by atoms with Crippen LogP contribution < -0.4 is 11.1 Å². The summed E-state index contributed by atoms with van der Waals surface area (Å²) < 4.78 is 5.24. The molecule has 0 bridgehead atoms. The maximum Gasteiger partial charge on any atom is 0.227 e. The molecule has 2 fully saturated rings. The summed E-state index contributed by atoms with van der Waals surface area (Å²) in [7, 11) is 0. The van der Waals surface area contributed by atoms with Crippen molar-refractivity contribution >= 4 is 5.91 Å². The molecule has 2 rings (SSSR count). The van der Waals surface area contributed by atoms with Gasteiger partial charge in [-0.15, -0.1) is 0 Å². The first-order valence-electron chi connectivity index (χ1n) is 5.86. The minimum Gasteiger partial charge on any atom is -0.379 e. The van der Waals surface area contributed by atoms with Gasteiger partial charge in [0.05, 0.1) is 18.1 Å². The van der Waals surface area contributed by atoms with E-state index in [9.17, 15) is 4.79 Å². The molecule has 0 aromatic carbocycles. The summed E-state index contributed by atoms with van der Waals surface area (Å²) in [6.07, 6.45) is 5.09. The molecule has 86 valence electrons. The third-order valence-electron chi connectivity index (χ3n) is 3.70. The summed E-state index contributed by atoms with van der Waals surface area (Å²) in [5.41, 5.74) is 5.48. The molecule has 4 heteroatoms. The van der Waals surface area contributed by atoms with E-state index in [0.29, 0.717) is 13.2 Å². The summed E-state index contributed by atoms with van der Waals surface area (Å²) in [6.45, 7) is 1.90. The van der Waals surface area contributed by atoms with E-state index in [1.165, 1.54) is 0 Å². The van der Waals surface area contributed by atoms with Crippen LogP contribution in [0.5, 0.6) is 0 Å². The van der Waals surface area contributed by atoms with Crippen molar-refractivity contribution in [1.29, 1.82) is 0 Å². The molecule has 0 radical (unpaired) electrons. The molecule has 0 aromatic heterocycles. The molecule has 4 nitrogen and oxygen atoms in total. The fourth-order valence-electron chi connectivity index (χ4n) is 2.56. The number of ether oxygens (including phenoxy) is 1. The number of amides is 1.